The Labute approximate surface area is 128 Å². The van der Waals surface area contributed by atoms with Crippen molar-refractivity contribution in [2.45, 2.75) is 31.8 Å². The fraction of sp³-hybridized carbons (Fsp3) is 0.500. The lowest BCUT2D eigenvalue weighted by atomic mass is 10.0. The number of methoxy groups -OCH3 is 1. The molecule has 1 saturated heterocycles. The maximum Gasteiger partial charge on any atom is 0.323 e. The summed E-state index contributed by atoms with van der Waals surface area (Å²) < 4.78 is 10.4. The molecular weight excluding hydrogens is 301 g/mol. The zero-order valence-electron chi connectivity index (χ0n) is 11.4. The van der Waals surface area contributed by atoms with Crippen molar-refractivity contribution in [1.29, 1.82) is 0 Å². The third-order valence-electron chi connectivity index (χ3n) is 3.38. The lowest BCUT2D eigenvalue weighted by Gasteiger charge is -2.18. The number of esters is 1. The Morgan fingerprint density at radius 3 is 2.80 bits per heavy atom. The summed E-state index contributed by atoms with van der Waals surface area (Å²) in [5.41, 5.74) is 0.800. The molecule has 110 valence electrons. The molecule has 4 nitrogen and oxygen atoms in total. The molecule has 1 aromatic rings. The van der Waals surface area contributed by atoms with Gasteiger partial charge in [-0.25, -0.2) is 0 Å². The largest absolute Gasteiger partial charge is 0.496 e. The third-order valence-corrected chi connectivity index (χ3v) is 4.20. The number of rotatable bonds is 4. The maximum atomic E-state index is 11.8. The fourth-order valence-corrected chi connectivity index (χ4v) is 2.90. The summed E-state index contributed by atoms with van der Waals surface area (Å²) in [4.78, 5) is 11.8. The van der Waals surface area contributed by atoms with Crippen molar-refractivity contribution in [2.24, 2.45) is 0 Å². The first kappa shape index (κ1) is 15.4. The minimum absolute atomic E-state index is 0.0643. The van der Waals surface area contributed by atoms with Crippen molar-refractivity contribution in [3.05, 3.63) is 27.7 Å². The van der Waals surface area contributed by atoms with Gasteiger partial charge in [0.05, 0.1) is 23.8 Å². The molecule has 1 heterocycles. The van der Waals surface area contributed by atoms with Gasteiger partial charge in [0, 0.05) is 11.6 Å². The van der Waals surface area contributed by atoms with Gasteiger partial charge in [-0.05, 0) is 31.9 Å². The van der Waals surface area contributed by atoms with Crippen LogP contribution < -0.4 is 10.1 Å². The van der Waals surface area contributed by atoms with Crippen LogP contribution in [0, 0.1) is 0 Å². The van der Waals surface area contributed by atoms with Gasteiger partial charge in [0.1, 0.15) is 11.8 Å². The van der Waals surface area contributed by atoms with E-state index in [1.165, 1.54) is 0 Å². The highest BCUT2D eigenvalue weighted by molar-refractivity contribution is 6.42. The first-order valence-electron chi connectivity index (χ1n) is 6.53. The lowest BCUT2D eigenvalue weighted by Crippen LogP contribution is -2.33. The predicted octanol–water partition coefficient (Wildman–Crippen LogP) is 3.36. The highest BCUT2D eigenvalue weighted by Gasteiger charge is 2.33. The van der Waals surface area contributed by atoms with Crippen molar-refractivity contribution >= 4 is 29.2 Å². The average Bonchev–Trinajstić information content (AvgIpc) is 2.91. The lowest BCUT2D eigenvalue weighted by molar-refractivity contribution is -0.145. The van der Waals surface area contributed by atoms with Crippen LogP contribution in [0.15, 0.2) is 12.1 Å². The number of nitrogens with one attached hydrogen (secondary N) is 1. The van der Waals surface area contributed by atoms with Crippen LogP contribution in [0.3, 0.4) is 0 Å². The van der Waals surface area contributed by atoms with Crippen LogP contribution in [-0.2, 0) is 9.53 Å². The van der Waals surface area contributed by atoms with Gasteiger partial charge in [-0.15, -0.1) is 0 Å². The van der Waals surface area contributed by atoms with E-state index in [0.717, 1.165) is 12.0 Å². The summed E-state index contributed by atoms with van der Waals surface area (Å²) in [6.07, 6.45) is 1.48. The van der Waals surface area contributed by atoms with E-state index in [1.807, 2.05) is 0 Å². The first-order valence-corrected chi connectivity index (χ1v) is 7.28. The van der Waals surface area contributed by atoms with Gasteiger partial charge < -0.3 is 9.47 Å². The maximum absolute atomic E-state index is 11.8. The minimum Gasteiger partial charge on any atom is -0.496 e. The zero-order valence-corrected chi connectivity index (χ0v) is 12.9. The van der Waals surface area contributed by atoms with Crippen LogP contribution in [0.5, 0.6) is 5.75 Å². The Morgan fingerprint density at radius 2 is 2.15 bits per heavy atom. The second-order valence-electron chi connectivity index (χ2n) is 4.58. The molecule has 1 aliphatic heterocycles. The molecule has 0 saturated carbocycles. The molecule has 0 bridgehead atoms. The molecule has 1 aromatic carbocycles. The molecule has 1 fully saturated rings. The van der Waals surface area contributed by atoms with Crippen molar-refractivity contribution in [3.8, 4) is 5.75 Å². The summed E-state index contributed by atoms with van der Waals surface area (Å²) in [6.45, 7) is 2.17. The Hall–Kier alpha value is -0.970. The van der Waals surface area contributed by atoms with Gasteiger partial charge >= 0.3 is 5.97 Å². The number of carbonyl (C=O) groups excluding carboxylic acids is 1. The van der Waals surface area contributed by atoms with Crippen LogP contribution in [0.25, 0.3) is 0 Å². The zero-order chi connectivity index (χ0) is 14.7. The van der Waals surface area contributed by atoms with E-state index in [-0.39, 0.29) is 18.1 Å². The van der Waals surface area contributed by atoms with Crippen molar-refractivity contribution < 1.29 is 14.3 Å². The molecule has 0 radical (unpaired) electrons. The van der Waals surface area contributed by atoms with Gasteiger partial charge in [-0.2, -0.15) is 0 Å². The van der Waals surface area contributed by atoms with Crippen LogP contribution >= 0.6 is 23.2 Å². The molecule has 6 heteroatoms. The molecule has 1 aliphatic rings. The van der Waals surface area contributed by atoms with E-state index in [1.54, 1.807) is 26.2 Å². The Bertz CT molecular complexity index is 507. The van der Waals surface area contributed by atoms with Gasteiger partial charge in [-0.1, -0.05) is 23.2 Å². The number of halogens is 2. The second kappa shape index (κ2) is 6.66. The van der Waals surface area contributed by atoms with Crippen LogP contribution in [0.2, 0.25) is 10.0 Å². The average molecular weight is 318 g/mol. The molecule has 0 aliphatic carbocycles. The monoisotopic (exact) mass is 317 g/mol. The highest BCUT2D eigenvalue weighted by Crippen LogP contribution is 2.41. The normalized spacial score (nSPS) is 21.8. The van der Waals surface area contributed by atoms with E-state index in [4.69, 9.17) is 32.7 Å². The van der Waals surface area contributed by atoms with E-state index >= 15 is 0 Å². The van der Waals surface area contributed by atoms with E-state index in [2.05, 4.69) is 5.32 Å². The van der Waals surface area contributed by atoms with E-state index in [9.17, 15) is 4.79 Å². The van der Waals surface area contributed by atoms with Crippen LogP contribution in [-0.4, -0.2) is 25.7 Å². The van der Waals surface area contributed by atoms with Gasteiger partial charge in [0.15, 0.2) is 0 Å². The van der Waals surface area contributed by atoms with Crippen molar-refractivity contribution in [1.82, 2.24) is 5.32 Å². The quantitative estimate of drug-likeness (QED) is 0.865. The third kappa shape index (κ3) is 3.03. The molecule has 2 atom stereocenters. The number of hydrogen-bond acceptors (Lipinski definition) is 4. The summed E-state index contributed by atoms with van der Waals surface area (Å²) in [7, 11) is 1.58. The van der Waals surface area contributed by atoms with Gasteiger partial charge in [0.25, 0.3) is 0 Å². The first-order chi connectivity index (χ1) is 9.58. The van der Waals surface area contributed by atoms with Crippen molar-refractivity contribution in [3.63, 3.8) is 0 Å². The van der Waals surface area contributed by atoms with E-state index < -0.39 is 0 Å². The summed E-state index contributed by atoms with van der Waals surface area (Å²) >= 11 is 12.3. The highest BCUT2D eigenvalue weighted by atomic mass is 35.5. The van der Waals surface area contributed by atoms with Crippen LogP contribution in [0.4, 0.5) is 0 Å². The number of carbonyl (C=O) groups is 1. The molecular formula is C14H17Cl2NO3. The Balaban J connectivity index is 2.22. The number of benzene rings is 1. The molecule has 2 rings (SSSR count). The molecule has 0 unspecified atom stereocenters. The molecule has 0 spiro atoms. The predicted molar refractivity (Wildman–Crippen MR) is 78.5 cm³/mol. The SMILES string of the molecule is CCOC(=O)[C@@H]1CC[C@H](c2c(OC)ccc(Cl)c2Cl)N1. The van der Waals surface area contributed by atoms with E-state index in [0.29, 0.717) is 28.8 Å². The number of hydrogen-bond donors (Lipinski definition) is 1. The van der Waals surface area contributed by atoms with Crippen LogP contribution in [0.1, 0.15) is 31.4 Å². The van der Waals surface area contributed by atoms with Crippen molar-refractivity contribution in [2.75, 3.05) is 13.7 Å². The fourth-order valence-electron chi connectivity index (χ4n) is 2.45. The van der Waals surface area contributed by atoms with Gasteiger partial charge in [0.2, 0.25) is 0 Å². The molecule has 1 N–H and O–H groups in total. The smallest absolute Gasteiger partial charge is 0.323 e. The summed E-state index contributed by atoms with van der Waals surface area (Å²) in [5, 5.41) is 4.18. The summed E-state index contributed by atoms with van der Waals surface area (Å²) in [6, 6.07) is 3.11. The standard InChI is InChI=1S/C14H17Cl2NO3/c1-3-20-14(18)10-6-5-9(17-10)12-11(19-2)7-4-8(15)13(12)16/h4,7,9-10,17H,3,5-6H2,1-2H3/t9-,10+/m1/s1. The summed E-state index contributed by atoms with van der Waals surface area (Å²) in [5.74, 6) is 0.438. The minimum atomic E-state index is -0.306. The Kier molecular flexibility index (Phi) is 5.13. The number of ether oxygens (including phenoxy) is 2. The molecule has 20 heavy (non-hydrogen) atoms. The second-order valence-corrected chi connectivity index (χ2v) is 5.36. The molecule has 0 aromatic heterocycles. The van der Waals surface area contributed by atoms with Gasteiger partial charge in [-0.3, -0.25) is 10.1 Å². The molecule has 0 amide bonds. The Morgan fingerprint density at radius 1 is 1.40 bits per heavy atom. The topological polar surface area (TPSA) is 47.6 Å².